The number of hydrogen-bond acceptors (Lipinski definition) is 3. The van der Waals surface area contributed by atoms with Crippen LogP contribution in [0, 0.1) is 5.92 Å². The van der Waals surface area contributed by atoms with Gasteiger partial charge in [0.05, 0.1) is 10.0 Å². The van der Waals surface area contributed by atoms with Crippen LogP contribution in [0.25, 0.3) is 0 Å². The molecule has 1 aromatic rings. The first kappa shape index (κ1) is 22.3. The van der Waals surface area contributed by atoms with Gasteiger partial charge >= 0.3 is 5.97 Å². The molecule has 8 heteroatoms. The van der Waals surface area contributed by atoms with Crippen LogP contribution in [0.4, 0.5) is 5.69 Å². The number of carbonyl (C=O) groups is 3. The predicted molar refractivity (Wildman–Crippen MR) is 103 cm³/mol. The normalized spacial score (nSPS) is 11.7. The molecular weight excluding hydrogens is 379 g/mol. The van der Waals surface area contributed by atoms with Crippen LogP contribution in [0.1, 0.15) is 39.5 Å². The molecule has 2 amide bonds. The summed E-state index contributed by atoms with van der Waals surface area (Å²) in [6.45, 7) is 4.93. The largest absolute Gasteiger partial charge is 0.481 e. The molecule has 0 saturated heterocycles. The molecule has 1 rings (SSSR count). The van der Waals surface area contributed by atoms with Crippen LogP contribution in [-0.4, -0.2) is 40.9 Å². The summed E-state index contributed by atoms with van der Waals surface area (Å²) in [4.78, 5) is 38.0. The zero-order valence-corrected chi connectivity index (χ0v) is 16.4. The highest BCUT2D eigenvalue weighted by Gasteiger charge is 2.30. The highest BCUT2D eigenvalue weighted by Crippen LogP contribution is 2.25. The van der Waals surface area contributed by atoms with Gasteiger partial charge in [0.15, 0.2) is 0 Å². The maximum absolute atomic E-state index is 12.8. The van der Waals surface area contributed by atoms with Crippen LogP contribution in [-0.2, 0) is 14.4 Å². The van der Waals surface area contributed by atoms with Crippen LogP contribution < -0.4 is 5.32 Å². The van der Waals surface area contributed by atoms with Gasteiger partial charge in [0.25, 0.3) is 0 Å². The summed E-state index contributed by atoms with van der Waals surface area (Å²) >= 11 is 11.8. The molecule has 0 aliphatic heterocycles. The van der Waals surface area contributed by atoms with E-state index in [0.29, 0.717) is 23.8 Å². The number of rotatable bonds is 10. The van der Waals surface area contributed by atoms with Gasteiger partial charge in [0.2, 0.25) is 11.8 Å². The minimum absolute atomic E-state index is 0.0642. The fourth-order valence-electron chi connectivity index (χ4n) is 2.53. The van der Waals surface area contributed by atoms with E-state index in [1.54, 1.807) is 11.0 Å². The lowest BCUT2D eigenvalue weighted by Crippen LogP contribution is -2.42. The average Bonchev–Trinajstić information content (AvgIpc) is 2.57. The molecule has 2 N–H and O–H groups in total. The molecule has 0 saturated carbocycles. The number of nitrogens with zero attached hydrogens (tertiary/aromatic N) is 1. The molecule has 0 radical (unpaired) electrons. The van der Waals surface area contributed by atoms with Crippen LogP contribution in [0.2, 0.25) is 10.0 Å². The van der Waals surface area contributed by atoms with Crippen LogP contribution in [0.15, 0.2) is 18.2 Å². The molecule has 0 aliphatic rings. The summed E-state index contributed by atoms with van der Waals surface area (Å²) in [6.07, 6.45) is 1.18. The van der Waals surface area contributed by atoms with Gasteiger partial charge in [-0.2, -0.15) is 0 Å². The number of benzene rings is 1. The quantitative estimate of drug-likeness (QED) is 0.577. The molecule has 6 nitrogen and oxygen atoms in total. The van der Waals surface area contributed by atoms with Crippen molar-refractivity contribution in [1.82, 2.24) is 4.90 Å². The molecular formula is C18H24Cl2N2O4. The third kappa shape index (κ3) is 6.84. The van der Waals surface area contributed by atoms with Crippen molar-refractivity contribution in [2.24, 2.45) is 5.92 Å². The number of aliphatic carboxylic acids is 1. The summed E-state index contributed by atoms with van der Waals surface area (Å²) < 4.78 is 0. The number of carboxylic acid groups (broad SMARTS) is 1. The van der Waals surface area contributed by atoms with Crippen molar-refractivity contribution in [1.29, 1.82) is 0 Å². The summed E-state index contributed by atoms with van der Waals surface area (Å²) in [5.41, 5.74) is 0.398. The second kappa shape index (κ2) is 11.0. The minimum atomic E-state index is -1.07. The highest BCUT2D eigenvalue weighted by atomic mass is 35.5. The zero-order valence-electron chi connectivity index (χ0n) is 14.9. The van der Waals surface area contributed by atoms with Crippen molar-refractivity contribution in [3.63, 3.8) is 0 Å². The molecule has 0 aromatic heterocycles. The Bertz CT molecular complexity index is 646. The first-order chi connectivity index (χ1) is 12.3. The van der Waals surface area contributed by atoms with Gasteiger partial charge in [-0.15, -0.1) is 0 Å². The lowest BCUT2D eigenvalue weighted by molar-refractivity contribution is -0.142. The van der Waals surface area contributed by atoms with E-state index in [-0.39, 0.29) is 23.8 Å². The van der Waals surface area contributed by atoms with Gasteiger partial charge in [0.1, 0.15) is 5.92 Å². The second-order valence-electron chi connectivity index (χ2n) is 5.93. The first-order valence-corrected chi connectivity index (χ1v) is 9.32. The van der Waals surface area contributed by atoms with E-state index in [4.69, 9.17) is 28.3 Å². The van der Waals surface area contributed by atoms with Crippen LogP contribution >= 0.6 is 23.2 Å². The molecule has 26 heavy (non-hydrogen) atoms. The van der Waals surface area contributed by atoms with Crippen molar-refractivity contribution in [3.05, 3.63) is 28.2 Å². The Morgan fingerprint density at radius 2 is 1.73 bits per heavy atom. The van der Waals surface area contributed by atoms with E-state index < -0.39 is 17.8 Å². The van der Waals surface area contributed by atoms with E-state index >= 15 is 0 Å². The Morgan fingerprint density at radius 1 is 1.12 bits per heavy atom. The van der Waals surface area contributed by atoms with Gasteiger partial charge in [-0.1, -0.05) is 37.0 Å². The van der Waals surface area contributed by atoms with Crippen molar-refractivity contribution < 1.29 is 19.5 Å². The van der Waals surface area contributed by atoms with E-state index in [9.17, 15) is 14.4 Å². The molecule has 0 fully saturated rings. The number of anilines is 1. The molecule has 0 bridgehead atoms. The van der Waals surface area contributed by atoms with Gasteiger partial charge in [-0.3, -0.25) is 14.4 Å². The maximum atomic E-state index is 12.8. The molecule has 1 unspecified atom stereocenters. The monoisotopic (exact) mass is 402 g/mol. The van der Waals surface area contributed by atoms with Crippen LogP contribution in [0.5, 0.6) is 0 Å². The number of hydrogen-bond donors (Lipinski definition) is 2. The highest BCUT2D eigenvalue weighted by molar-refractivity contribution is 6.42. The van der Waals surface area contributed by atoms with Gasteiger partial charge < -0.3 is 15.3 Å². The summed E-state index contributed by atoms with van der Waals surface area (Å²) in [6, 6.07) is 4.59. The molecule has 0 spiro atoms. The Morgan fingerprint density at radius 3 is 2.23 bits per heavy atom. The van der Waals surface area contributed by atoms with E-state index in [1.165, 1.54) is 12.1 Å². The third-order valence-corrected chi connectivity index (χ3v) is 4.49. The summed E-state index contributed by atoms with van der Waals surface area (Å²) in [5, 5.41) is 12.2. The topological polar surface area (TPSA) is 86.7 Å². The van der Waals surface area contributed by atoms with E-state index in [2.05, 4.69) is 5.32 Å². The number of carboxylic acids is 1. The number of halogens is 2. The SMILES string of the molecule is CCCN(CCC)C(=O)C(CCC(=O)O)C(=O)Nc1ccc(Cl)c(Cl)c1. The fourth-order valence-corrected chi connectivity index (χ4v) is 2.83. The van der Waals surface area contributed by atoms with E-state index in [0.717, 1.165) is 12.8 Å². The summed E-state index contributed by atoms with van der Waals surface area (Å²) in [7, 11) is 0. The second-order valence-corrected chi connectivity index (χ2v) is 6.74. The van der Waals surface area contributed by atoms with Crippen molar-refractivity contribution in [2.45, 2.75) is 39.5 Å². The minimum Gasteiger partial charge on any atom is -0.481 e. The Hall–Kier alpha value is -1.79. The summed E-state index contributed by atoms with van der Waals surface area (Å²) in [5.74, 6) is -3.03. The molecule has 1 aromatic carbocycles. The van der Waals surface area contributed by atoms with Crippen molar-refractivity contribution in [3.8, 4) is 0 Å². The van der Waals surface area contributed by atoms with Crippen molar-refractivity contribution >= 4 is 46.7 Å². The zero-order chi connectivity index (χ0) is 19.7. The lowest BCUT2D eigenvalue weighted by Gasteiger charge is -2.26. The van der Waals surface area contributed by atoms with Gasteiger partial charge in [-0.05, 0) is 37.5 Å². The average molecular weight is 403 g/mol. The molecule has 0 heterocycles. The predicted octanol–water partition coefficient (Wildman–Crippen LogP) is 4.06. The number of amides is 2. The fraction of sp³-hybridized carbons (Fsp3) is 0.500. The smallest absolute Gasteiger partial charge is 0.303 e. The third-order valence-electron chi connectivity index (χ3n) is 3.75. The Kier molecular flexibility index (Phi) is 9.44. The number of carbonyl (C=O) groups excluding carboxylic acids is 2. The first-order valence-electron chi connectivity index (χ1n) is 8.56. The molecule has 0 aliphatic carbocycles. The maximum Gasteiger partial charge on any atom is 0.303 e. The van der Waals surface area contributed by atoms with Crippen LogP contribution in [0.3, 0.4) is 0 Å². The van der Waals surface area contributed by atoms with Gasteiger partial charge in [-0.25, -0.2) is 0 Å². The van der Waals surface area contributed by atoms with E-state index in [1.807, 2.05) is 13.8 Å². The number of nitrogens with one attached hydrogen (secondary N) is 1. The lowest BCUT2D eigenvalue weighted by atomic mass is 9.99. The molecule has 1 atom stereocenters. The standard InChI is InChI=1S/C18H24Cl2N2O4/c1-3-9-22(10-4-2)18(26)13(6-8-16(23)24)17(25)21-12-5-7-14(19)15(20)11-12/h5,7,11,13H,3-4,6,8-10H2,1-2H3,(H,21,25)(H,23,24). The molecule has 144 valence electrons. The Balaban J connectivity index is 2.98. The Labute approximate surface area is 163 Å². The van der Waals surface area contributed by atoms with Gasteiger partial charge in [0, 0.05) is 25.2 Å². The van der Waals surface area contributed by atoms with Crippen molar-refractivity contribution in [2.75, 3.05) is 18.4 Å².